The average molecular weight is 541 g/mol. The van der Waals surface area contributed by atoms with Crippen LogP contribution in [0.2, 0.25) is 0 Å². The van der Waals surface area contributed by atoms with Crippen molar-refractivity contribution in [1.82, 2.24) is 15.3 Å². The van der Waals surface area contributed by atoms with Gasteiger partial charge in [0.2, 0.25) is 0 Å². The molecule has 4 aromatic carbocycles. The van der Waals surface area contributed by atoms with E-state index < -0.39 is 0 Å². The normalized spacial score (nSPS) is 10.6. The molecule has 0 atom stereocenters. The van der Waals surface area contributed by atoms with Gasteiger partial charge in [0.1, 0.15) is 17.2 Å². The molecule has 8 heteroatoms. The molecule has 2 N–H and O–H groups in total. The summed E-state index contributed by atoms with van der Waals surface area (Å²) in [5.74, 6) is 1.96. The molecule has 7 nitrogen and oxygen atoms in total. The average Bonchev–Trinajstić information content (AvgIpc) is 2.89. The Bertz CT molecular complexity index is 1510. The summed E-state index contributed by atoms with van der Waals surface area (Å²) in [6, 6.07) is 28.6. The van der Waals surface area contributed by atoms with Gasteiger partial charge < -0.3 is 20.1 Å². The van der Waals surface area contributed by atoms with Gasteiger partial charge in [-0.25, -0.2) is 14.8 Å². The highest BCUT2D eigenvalue weighted by atomic mass is 79.9. The molecular weight excluding hydrogens is 520 g/mol. The summed E-state index contributed by atoms with van der Waals surface area (Å²) in [5, 5.41) is 7.95. The summed E-state index contributed by atoms with van der Waals surface area (Å²) in [6.45, 7) is 0.337. The Morgan fingerprint density at radius 3 is 2.31 bits per heavy atom. The second-order valence-corrected chi connectivity index (χ2v) is 8.80. The zero-order chi connectivity index (χ0) is 24.7. The molecule has 0 saturated carbocycles. The first kappa shape index (κ1) is 23.3. The Hall–Kier alpha value is -4.43. The lowest BCUT2D eigenvalue weighted by molar-refractivity contribution is 0.251. The van der Waals surface area contributed by atoms with E-state index >= 15 is 0 Å². The molecule has 5 rings (SSSR count). The van der Waals surface area contributed by atoms with E-state index in [1.54, 1.807) is 36.7 Å². The van der Waals surface area contributed by atoms with Gasteiger partial charge in [-0.1, -0.05) is 48.5 Å². The first-order valence-corrected chi connectivity index (χ1v) is 12.0. The zero-order valence-corrected chi connectivity index (χ0v) is 20.6. The van der Waals surface area contributed by atoms with Crippen LogP contribution in [0.25, 0.3) is 10.8 Å². The largest absolute Gasteiger partial charge is 0.457 e. The zero-order valence-electron chi connectivity index (χ0n) is 19.0. The SMILES string of the molecule is O=C(NCc1cccc(Oc2ccc3ccccc3c2)c1)Nc1cccc(Oc2ncc(Br)cn2)c1. The Balaban J connectivity index is 1.17. The molecule has 0 fully saturated rings. The topological polar surface area (TPSA) is 85.4 Å². The third kappa shape index (κ3) is 6.17. The molecule has 0 saturated heterocycles. The van der Waals surface area contributed by atoms with Gasteiger partial charge in [0, 0.05) is 30.7 Å². The molecule has 36 heavy (non-hydrogen) atoms. The summed E-state index contributed by atoms with van der Waals surface area (Å²) in [5.41, 5.74) is 1.49. The van der Waals surface area contributed by atoms with Gasteiger partial charge in [-0.2, -0.15) is 0 Å². The van der Waals surface area contributed by atoms with Crippen molar-refractivity contribution in [2.45, 2.75) is 6.54 Å². The van der Waals surface area contributed by atoms with Crippen LogP contribution in [0.3, 0.4) is 0 Å². The van der Waals surface area contributed by atoms with Crippen LogP contribution in [-0.2, 0) is 6.54 Å². The molecule has 0 aliphatic rings. The highest BCUT2D eigenvalue weighted by Crippen LogP contribution is 2.26. The second-order valence-electron chi connectivity index (χ2n) is 7.88. The maximum Gasteiger partial charge on any atom is 0.321 e. The number of hydrogen-bond acceptors (Lipinski definition) is 5. The van der Waals surface area contributed by atoms with Gasteiger partial charge in [-0.3, -0.25) is 0 Å². The number of benzene rings is 4. The quantitative estimate of drug-likeness (QED) is 0.226. The van der Waals surface area contributed by atoms with Crippen LogP contribution < -0.4 is 20.1 Å². The van der Waals surface area contributed by atoms with Gasteiger partial charge in [-0.05, 0) is 68.7 Å². The van der Waals surface area contributed by atoms with Crippen LogP contribution >= 0.6 is 15.9 Å². The minimum Gasteiger partial charge on any atom is -0.457 e. The van der Waals surface area contributed by atoms with Crippen LogP contribution in [-0.4, -0.2) is 16.0 Å². The summed E-state index contributed by atoms with van der Waals surface area (Å²) in [7, 11) is 0. The molecule has 0 radical (unpaired) electrons. The maximum atomic E-state index is 12.5. The number of rotatable bonds is 7. The Labute approximate surface area is 216 Å². The van der Waals surface area contributed by atoms with Crippen molar-refractivity contribution in [1.29, 1.82) is 0 Å². The number of nitrogens with zero attached hydrogens (tertiary/aromatic N) is 2. The smallest absolute Gasteiger partial charge is 0.321 e. The Morgan fingerprint density at radius 2 is 1.47 bits per heavy atom. The van der Waals surface area contributed by atoms with Crippen molar-refractivity contribution in [2.24, 2.45) is 0 Å². The summed E-state index contributed by atoms with van der Waals surface area (Å²) in [4.78, 5) is 20.6. The highest BCUT2D eigenvalue weighted by molar-refractivity contribution is 9.10. The van der Waals surface area contributed by atoms with Crippen molar-refractivity contribution < 1.29 is 14.3 Å². The highest BCUT2D eigenvalue weighted by Gasteiger charge is 2.06. The molecule has 2 amide bonds. The number of halogens is 1. The first-order chi connectivity index (χ1) is 17.6. The standard InChI is InChI=1S/C28H21BrN4O3/c29-22-17-31-28(32-18-22)36-25-10-4-8-23(15-25)33-27(34)30-16-19-5-3-9-24(13-19)35-26-12-11-20-6-1-2-7-21(20)14-26/h1-15,17-18H,16H2,(H2,30,33,34). The van der Waals surface area contributed by atoms with Crippen molar-refractivity contribution in [2.75, 3.05) is 5.32 Å². The molecule has 0 aliphatic carbocycles. The molecule has 0 spiro atoms. The fourth-order valence-corrected chi connectivity index (χ4v) is 3.74. The van der Waals surface area contributed by atoms with Crippen molar-refractivity contribution >= 4 is 38.4 Å². The van der Waals surface area contributed by atoms with Gasteiger partial charge in [0.15, 0.2) is 0 Å². The Kier molecular flexibility index (Phi) is 7.05. The van der Waals surface area contributed by atoms with Gasteiger partial charge in [-0.15, -0.1) is 0 Å². The third-order valence-corrected chi connectivity index (χ3v) is 5.62. The molecule has 178 valence electrons. The van der Waals surface area contributed by atoms with Gasteiger partial charge >= 0.3 is 12.0 Å². The summed E-state index contributed by atoms with van der Waals surface area (Å²) >= 11 is 3.29. The van der Waals surface area contributed by atoms with E-state index in [-0.39, 0.29) is 12.0 Å². The van der Waals surface area contributed by atoms with Crippen molar-refractivity contribution in [3.05, 3.63) is 113 Å². The predicted octanol–water partition coefficient (Wildman–Crippen LogP) is 7.30. The lowest BCUT2D eigenvalue weighted by Crippen LogP contribution is -2.28. The number of carbonyl (C=O) groups excluding carboxylic acids is 1. The van der Waals surface area contributed by atoms with E-state index in [0.29, 0.717) is 23.7 Å². The number of urea groups is 1. The Morgan fingerprint density at radius 1 is 0.750 bits per heavy atom. The third-order valence-electron chi connectivity index (χ3n) is 5.21. The number of carbonyl (C=O) groups is 1. The number of nitrogens with one attached hydrogen (secondary N) is 2. The van der Waals surface area contributed by atoms with Crippen LogP contribution in [0, 0.1) is 0 Å². The number of amides is 2. The second kappa shape index (κ2) is 10.9. The number of ether oxygens (including phenoxy) is 2. The summed E-state index contributed by atoms with van der Waals surface area (Å²) in [6.07, 6.45) is 3.19. The first-order valence-electron chi connectivity index (χ1n) is 11.2. The van der Waals surface area contributed by atoms with Gasteiger partial charge in [0.05, 0.1) is 4.47 Å². The van der Waals surface area contributed by atoms with Crippen molar-refractivity contribution in [3.63, 3.8) is 0 Å². The number of aromatic nitrogens is 2. The van der Waals surface area contributed by atoms with E-state index in [9.17, 15) is 4.79 Å². The molecule has 5 aromatic rings. The van der Waals surface area contributed by atoms with Crippen molar-refractivity contribution in [3.8, 4) is 23.3 Å². The maximum absolute atomic E-state index is 12.5. The minimum atomic E-state index is -0.340. The number of anilines is 1. The molecule has 0 unspecified atom stereocenters. The van der Waals surface area contributed by atoms with Crippen LogP contribution in [0.1, 0.15) is 5.56 Å². The minimum absolute atomic E-state index is 0.214. The predicted molar refractivity (Wildman–Crippen MR) is 143 cm³/mol. The lowest BCUT2D eigenvalue weighted by atomic mass is 10.1. The van der Waals surface area contributed by atoms with E-state index in [0.717, 1.165) is 26.6 Å². The van der Waals surface area contributed by atoms with E-state index in [1.165, 1.54) is 0 Å². The van der Waals surface area contributed by atoms with Gasteiger partial charge in [0.25, 0.3) is 0 Å². The molecular formula is C28H21BrN4O3. The molecule has 0 aliphatic heterocycles. The molecule has 1 aromatic heterocycles. The fraction of sp³-hybridized carbons (Fsp3) is 0.0357. The lowest BCUT2D eigenvalue weighted by Gasteiger charge is -2.11. The fourth-order valence-electron chi connectivity index (χ4n) is 3.54. The van der Waals surface area contributed by atoms with E-state index in [1.807, 2.05) is 54.6 Å². The van der Waals surface area contributed by atoms with Crippen LogP contribution in [0.5, 0.6) is 23.3 Å². The van der Waals surface area contributed by atoms with Crippen LogP contribution in [0.15, 0.2) is 108 Å². The number of hydrogen-bond donors (Lipinski definition) is 2. The monoisotopic (exact) mass is 540 g/mol. The summed E-state index contributed by atoms with van der Waals surface area (Å²) < 4.78 is 12.4. The van der Waals surface area contributed by atoms with E-state index in [4.69, 9.17) is 9.47 Å². The molecule has 1 heterocycles. The molecule has 0 bridgehead atoms. The van der Waals surface area contributed by atoms with E-state index in [2.05, 4.69) is 48.7 Å². The van der Waals surface area contributed by atoms with Crippen LogP contribution in [0.4, 0.5) is 10.5 Å². The number of fused-ring (bicyclic) bond motifs is 1.